The Balaban J connectivity index is 1.15. The SMILES string of the molecule is CC(CCCN)C1=CC2OC3C=CC=CC3C3(C4=CCCC=C4OC4C=C(N5C6=C(CNC=C6)C6C=CC=CC65)C=CC43)C2C=C1. The first-order valence-electron chi connectivity index (χ1n) is 17.5. The van der Waals surface area contributed by atoms with Crippen LogP contribution in [-0.4, -0.2) is 42.3 Å². The van der Waals surface area contributed by atoms with Crippen LogP contribution < -0.4 is 11.1 Å². The second kappa shape index (κ2) is 11.2. The van der Waals surface area contributed by atoms with Crippen molar-refractivity contribution in [2.24, 2.45) is 40.7 Å². The molecule has 0 aromatic heterocycles. The first-order valence-corrected chi connectivity index (χ1v) is 17.5. The molecule has 5 heteroatoms. The zero-order valence-electron chi connectivity index (χ0n) is 26.7. The lowest BCUT2D eigenvalue weighted by Gasteiger charge is -2.62. The van der Waals surface area contributed by atoms with Crippen molar-refractivity contribution in [2.75, 3.05) is 13.1 Å². The topological polar surface area (TPSA) is 59.8 Å². The lowest BCUT2D eigenvalue weighted by molar-refractivity contribution is -0.151. The third-order valence-corrected chi connectivity index (χ3v) is 12.0. The highest BCUT2D eigenvalue weighted by Gasteiger charge is 2.64. The van der Waals surface area contributed by atoms with Crippen molar-refractivity contribution >= 4 is 0 Å². The molecule has 4 heterocycles. The molecule has 4 aliphatic heterocycles. The molecular weight excluding hydrogens is 566 g/mol. The Morgan fingerprint density at radius 2 is 1.70 bits per heavy atom. The van der Waals surface area contributed by atoms with Crippen LogP contribution in [0.3, 0.4) is 0 Å². The van der Waals surface area contributed by atoms with Gasteiger partial charge in [-0.05, 0) is 85.4 Å². The van der Waals surface area contributed by atoms with Crippen LogP contribution in [0.4, 0.5) is 0 Å². The first kappa shape index (κ1) is 28.4. The van der Waals surface area contributed by atoms with Crippen LogP contribution >= 0.6 is 0 Å². The number of fused-ring (bicyclic) bond motifs is 10. The van der Waals surface area contributed by atoms with Gasteiger partial charge in [0.25, 0.3) is 0 Å². The highest BCUT2D eigenvalue weighted by atomic mass is 16.5. The van der Waals surface area contributed by atoms with Gasteiger partial charge in [-0.3, -0.25) is 0 Å². The molecule has 0 aromatic rings. The molecule has 46 heavy (non-hydrogen) atoms. The number of hydrogen-bond acceptors (Lipinski definition) is 5. The van der Waals surface area contributed by atoms with E-state index in [0.717, 1.165) is 44.5 Å². The minimum absolute atomic E-state index is 0.00502. The number of hydrogen-bond donors (Lipinski definition) is 2. The number of nitrogens with two attached hydrogens (primary N) is 1. The Labute approximate surface area is 273 Å². The summed E-state index contributed by atoms with van der Waals surface area (Å²) in [6.45, 7) is 3.96. The third kappa shape index (κ3) is 4.14. The van der Waals surface area contributed by atoms with E-state index < -0.39 is 0 Å². The Hall–Kier alpha value is -3.80. The molecule has 0 saturated carbocycles. The Bertz CT molecular complexity index is 1680. The predicted molar refractivity (Wildman–Crippen MR) is 184 cm³/mol. The van der Waals surface area contributed by atoms with Crippen LogP contribution in [0.2, 0.25) is 0 Å². The molecule has 0 bridgehead atoms. The lowest BCUT2D eigenvalue weighted by Crippen LogP contribution is -2.62. The summed E-state index contributed by atoms with van der Waals surface area (Å²) >= 11 is 0. The monoisotopic (exact) mass is 611 g/mol. The molecule has 5 aliphatic carbocycles. The molecule has 9 aliphatic rings. The van der Waals surface area contributed by atoms with Crippen molar-refractivity contribution in [3.8, 4) is 0 Å². The molecular formula is C41H45N3O2. The zero-order valence-corrected chi connectivity index (χ0v) is 26.7. The van der Waals surface area contributed by atoms with E-state index in [0.29, 0.717) is 11.8 Å². The summed E-state index contributed by atoms with van der Waals surface area (Å²) in [5.41, 5.74) is 12.5. The van der Waals surface area contributed by atoms with Crippen molar-refractivity contribution < 1.29 is 9.47 Å². The number of allylic oxidation sites excluding steroid dienone is 11. The summed E-state index contributed by atoms with van der Waals surface area (Å²) in [5.74, 6) is 2.51. The molecule has 1 spiro atoms. The second-order valence-electron chi connectivity index (χ2n) is 14.3. The summed E-state index contributed by atoms with van der Waals surface area (Å²) in [4.78, 5) is 2.55. The van der Waals surface area contributed by atoms with Gasteiger partial charge in [0.05, 0.1) is 18.2 Å². The van der Waals surface area contributed by atoms with Gasteiger partial charge in [0.15, 0.2) is 0 Å². The van der Waals surface area contributed by atoms with E-state index in [2.05, 4.69) is 127 Å². The summed E-state index contributed by atoms with van der Waals surface area (Å²) in [5, 5.41) is 3.46. The highest BCUT2D eigenvalue weighted by molar-refractivity contribution is 5.52. The molecule has 2 saturated heterocycles. The quantitative estimate of drug-likeness (QED) is 0.357. The van der Waals surface area contributed by atoms with Crippen LogP contribution in [0.25, 0.3) is 0 Å². The van der Waals surface area contributed by atoms with E-state index >= 15 is 0 Å². The number of ether oxygens (including phenoxy) is 2. The van der Waals surface area contributed by atoms with E-state index in [9.17, 15) is 0 Å². The lowest BCUT2D eigenvalue weighted by atomic mass is 9.47. The fourth-order valence-corrected chi connectivity index (χ4v) is 9.99. The van der Waals surface area contributed by atoms with Crippen LogP contribution in [0.5, 0.6) is 0 Å². The third-order valence-electron chi connectivity index (χ3n) is 12.0. The predicted octanol–water partition coefficient (Wildman–Crippen LogP) is 6.84. The summed E-state index contributed by atoms with van der Waals surface area (Å²) in [6, 6.07) is 0.281. The molecule has 0 aromatic carbocycles. The average molecular weight is 612 g/mol. The van der Waals surface area contributed by atoms with E-state index in [1.54, 1.807) is 0 Å². The molecule has 10 atom stereocenters. The number of nitrogens with one attached hydrogen (secondary N) is 1. The maximum atomic E-state index is 7.07. The number of nitrogens with zero attached hydrogens (tertiary/aromatic N) is 1. The van der Waals surface area contributed by atoms with Gasteiger partial charge in [0, 0.05) is 47.0 Å². The molecule has 5 nitrogen and oxygen atoms in total. The van der Waals surface area contributed by atoms with E-state index in [1.807, 2.05) is 0 Å². The molecule has 0 radical (unpaired) electrons. The molecule has 10 unspecified atom stereocenters. The normalized spacial score (nSPS) is 39.6. The Kier molecular flexibility index (Phi) is 6.90. The molecule has 236 valence electrons. The number of rotatable bonds is 5. The van der Waals surface area contributed by atoms with Gasteiger partial charge >= 0.3 is 0 Å². The molecule has 0 amide bonds. The van der Waals surface area contributed by atoms with Gasteiger partial charge in [-0.25, -0.2) is 0 Å². The summed E-state index contributed by atoms with van der Waals surface area (Å²) in [6.07, 6.45) is 46.4. The van der Waals surface area contributed by atoms with Crippen LogP contribution in [0, 0.1) is 35.0 Å². The van der Waals surface area contributed by atoms with Gasteiger partial charge in [-0.1, -0.05) is 85.9 Å². The van der Waals surface area contributed by atoms with Crippen molar-refractivity contribution in [3.05, 3.63) is 143 Å². The summed E-state index contributed by atoms with van der Waals surface area (Å²) in [7, 11) is 0. The zero-order chi connectivity index (χ0) is 30.8. The van der Waals surface area contributed by atoms with E-state index in [-0.39, 0.29) is 47.5 Å². The van der Waals surface area contributed by atoms with Crippen molar-refractivity contribution in [1.29, 1.82) is 0 Å². The average Bonchev–Trinajstić information content (AvgIpc) is 3.44. The fourth-order valence-electron chi connectivity index (χ4n) is 9.99. The minimum atomic E-state index is -0.193. The van der Waals surface area contributed by atoms with Gasteiger partial charge in [-0.15, -0.1) is 0 Å². The largest absolute Gasteiger partial charge is 0.486 e. The van der Waals surface area contributed by atoms with Gasteiger partial charge in [0.1, 0.15) is 11.9 Å². The smallest absolute Gasteiger partial charge is 0.126 e. The van der Waals surface area contributed by atoms with E-state index in [1.165, 1.54) is 28.1 Å². The first-order chi connectivity index (χ1) is 22.7. The van der Waals surface area contributed by atoms with Crippen molar-refractivity contribution in [2.45, 2.75) is 57.0 Å². The molecule has 2 fully saturated rings. The van der Waals surface area contributed by atoms with Crippen LogP contribution in [-0.2, 0) is 9.47 Å². The summed E-state index contributed by atoms with van der Waals surface area (Å²) < 4.78 is 14.1. The van der Waals surface area contributed by atoms with Gasteiger partial charge < -0.3 is 25.4 Å². The maximum Gasteiger partial charge on any atom is 0.126 e. The highest BCUT2D eigenvalue weighted by Crippen LogP contribution is 2.65. The van der Waals surface area contributed by atoms with Crippen molar-refractivity contribution in [3.63, 3.8) is 0 Å². The minimum Gasteiger partial charge on any atom is -0.486 e. The van der Waals surface area contributed by atoms with E-state index in [4.69, 9.17) is 15.2 Å². The maximum absolute atomic E-state index is 7.07. The second-order valence-corrected chi connectivity index (χ2v) is 14.3. The van der Waals surface area contributed by atoms with Gasteiger partial charge in [-0.2, -0.15) is 0 Å². The van der Waals surface area contributed by atoms with Crippen LogP contribution in [0.15, 0.2) is 143 Å². The van der Waals surface area contributed by atoms with Crippen LogP contribution in [0.1, 0.15) is 32.6 Å². The Morgan fingerprint density at radius 3 is 2.63 bits per heavy atom. The standard InChI is InChI=1S/C41H45N3O2/c1-26(9-8-21-42)27-16-18-33-39(23-27)45-37-14-6-3-11-31(37)41(33)32-12-4-7-15-38(32)46-40-24-28(17-19-34(40)41)44-35-13-5-2-10-29(35)30-25-43-22-20-36(30)44/h2-3,5-6,10-20,22-24,26,29,31,33-35,37,39-40,43H,4,7-9,21,25,42H2,1H3. The molecule has 9 rings (SSSR count). The molecule has 3 N–H and O–H groups in total. The van der Waals surface area contributed by atoms with Crippen molar-refractivity contribution in [1.82, 2.24) is 10.2 Å². The Morgan fingerprint density at radius 1 is 0.891 bits per heavy atom. The number of dihydropyridines is 1. The van der Waals surface area contributed by atoms with Gasteiger partial charge in [0.2, 0.25) is 0 Å². The fraction of sp³-hybridized carbons (Fsp3) is 0.415.